The van der Waals surface area contributed by atoms with E-state index in [0.717, 1.165) is 36.3 Å². The number of fused-ring (bicyclic) bond motifs is 1. The van der Waals surface area contributed by atoms with Gasteiger partial charge in [0.2, 0.25) is 0 Å². The van der Waals surface area contributed by atoms with E-state index in [4.69, 9.17) is 21.1 Å². The third-order valence-corrected chi connectivity index (χ3v) is 9.28. The zero-order chi connectivity index (χ0) is 28.1. The van der Waals surface area contributed by atoms with E-state index in [2.05, 4.69) is 15.6 Å². The maximum absolute atomic E-state index is 13.2. The SMILES string of the molecule is CSc1cc(C)[nH]c(=O)c1CNC(=O)c1cc(Cl)c2c(c1C)O[C@@](C)([C@H]1CC[C@@H](NC3CC(F)(F)C3)CC1)O2. The van der Waals surface area contributed by atoms with E-state index >= 15 is 0 Å². The van der Waals surface area contributed by atoms with Crippen molar-refractivity contribution in [1.82, 2.24) is 15.6 Å². The highest BCUT2D eigenvalue weighted by atomic mass is 35.5. The minimum atomic E-state index is -2.53. The van der Waals surface area contributed by atoms with Crippen LogP contribution in [0.3, 0.4) is 0 Å². The van der Waals surface area contributed by atoms with Gasteiger partial charge in [0, 0.05) is 71.6 Å². The summed E-state index contributed by atoms with van der Waals surface area (Å²) in [7, 11) is 0. The van der Waals surface area contributed by atoms with Gasteiger partial charge in [-0.05, 0) is 57.9 Å². The number of hydrogen-bond donors (Lipinski definition) is 3. The number of H-pyrrole nitrogens is 1. The number of halogens is 3. The number of alkyl halides is 2. The minimum absolute atomic E-state index is 0.0730. The van der Waals surface area contributed by atoms with Crippen LogP contribution in [0.5, 0.6) is 11.5 Å². The molecule has 2 saturated carbocycles. The summed E-state index contributed by atoms with van der Waals surface area (Å²) in [6, 6.07) is 3.56. The first kappa shape index (κ1) is 28.2. The molecule has 1 amide bonds. The van der Waals surface area contributed by atoms with Gasteiger partial charge in [0.15, 0.2) is 11.5 Å². The maximum atomic E-state index is 13.2. The highest BCUT2D eigenvalue weighted by Crippen LogP contribution is 2.51. The number of aromatic nitrogens is 1. The summed E-state index contributed by atoms with van der Waals surface area (Å²) in [4.78, 5) is 29.2. The van der Waals surface area contributed by atoms with Gasteiger partial charge in [0.1, 0.15) is 0 Å². The molecule has 2 fully saturated rings. The highest BCUT2D eigenvalue weighted by Gasteiger charge is 2.49. The van der Waals surface area contributed by atoms with Crippen molar-refractivity contribution in [2.45, 2.75) is 94.5 Å². The molecular weight excluding hydrogens is 548 g/mol. The van der Waals surface area contributed by atoms with Gasteiger partial charge in [0.25, 0.3) is 23.2 Å². The summed E-state index contributed by atoms with van der Waals surface area (Å²) in [6.07, 6.45) is 5.05. The second kappa shape index (κ2) is 10.6. The van der Waals surface area contributed by atoms with E-state index in [0.29, 0.717) is 28.2 Å². The molecule has 11 heteroatoms. The molecule has 1 aromatic carbocycles. The Bertz CT molecular complexity index is 1340. The Morgan fingerprint density at radius 3 is 2.44 bits per heavy atom. The number of hydrogen-bond acceptors (Lipinski definition) is 6. The average Bonchev–Trinajstić information content (AvgIpc) is 3.24. The summed E-state index contributed by atoms with van der Waals surface area (Å²) in [5, 5.41) is 6.51. The van der Waals surface area contributed by atoms with E-state index in [1.165, 1.54) is 11.8 Å². The number of carbonyl (C=O) groups excluding carboxylic acids is 1. The van der Waals surface area contributed by atoms with Crippen LogP contribution in [-0.2, 0) is 6.54 Å². The van der Waals surface area contributed by atoms with Crippen LogP contribution in [0, 0.1) is 19.8 Å². The van der Waals surface area contributed by atoms with Gasteiger partial charge in [-0.1, -0.05) is 11.6 Å². The normalized spacial score (nSPS) is 25.8. The molecule has 0 bridgehead atoms. The van der Waals surface area contributed by atoms with Crippen molar-refractivity contribution < 1.29 is 23.0 Å². The number of aryl methyl sites for hydroxylation is 1. The summed E-state index contributed by atoms with van der Waals surface area (Å²) < 4.78 is 39.0. The lowest BCUT2D eigenvalue weighted by Crippen LogP contribution is -2.53. The van der Waals surface area contributed by atoms with Crippen molar-refractivity contribution >= 4 is 29.3 Å². The molecule has 3 N–H and O–H groups in total. The molecule has 5 rings (SSSR count). The third kappa shape index (κ3) is 5.65. The van der Waals surface area contributed by atoms with Crippen molar-refractivity contribution in [3.05, 3.63) is 49.9 Å². The summed E-state index contributed by atoms with van der Waals surface area (Å²) >= 11 is 8.03. The Kier molecular flexibility index (Phi) is 7.67. The molecule has 0 radical (unpaired) electrons. The minimum Gasteiger partial charge on any atom is -0.448 e. The first-order valence-corrected chi connectivity index (χ1v) is 14.9. The van der Waals surface area contributed by atoms with E-state index in [-0.39, 0.29) is 53.9 Å². The molecule has 1 aromatic heterocycles. The fourth-order valence-electron chi connectivity index (χ4n) is 5.94. The Labute approximate surface area is 235 Å². The van der Waals surface area contributed by atoms with Crippen LogP contribution in [-0.4, -0.2) is 40.9 Å². The molecule has 0 spiro atoms. The maximum Gasteiger partial charge on any atom is 0.254 e. The van der Waals surface area contributed by atoms with Gasteiger partial charge in [-0.2, -0.15) is 0 Å². The number of ether oxygens (including phenoxy) is 2. The smallest absolute Gasteiger partial charge is 0.254 e. The van der Waals surface area contributed by atoms with Gasteiger partial charge in [-0.3, -0.25) is 9.59 Å². The molecule has 7 nitrogen and oxygen atoms in total. The summed E-state index contributed by atoms with van der Waals surface area (Å²) in [6.45, 7) is 5.57. The fourth-order valence-corrected chi connectivity index (χ4v) is 6.88. The van der Waals surface area contributed by atoms with Crippen molar-refractivity contribution in [2.75, 3.05) is 6.26 Å². The van der Waals surface area contributed by atoms with E-state index < -0.39 is 11.7 Å². The lowest BCUT2D eigenvalue weighted by Gasteiger charge is -2.41. The zero-order valence-electron chi connectivity index (χ0n) is 22.5. The Morgan fingerprint density at radius 1 is 1.13 bits per heavy atom. The van der Waals surface area contributed by atoms with Crippen LogP contribution in [0.25, 0.3) is 0 Å². The number of rotatable bonds is 7. The zero-order valence-corrected chi connectivity index (χ0v) is 24.1. The van der Waals surface area contributed by atoms with Crippen LogP contribution in [0.15, 0.2) is 21.8 Å². The third-order valence-electron chi connectivity index (χ3n) is 8.20. The number of benzene rings is 1. The van der Waals surface area contributed by atoms with Gasteiger partial charge in [-0.25, -0.2) is 8.78 Å². The number of thioether (sulfide) groups is 1. The van der Waals surface area contributed by atoms with Crippen molar-refractivity contribution in [3.63, 3.8) is 0 Å². The lowest BCUT2D eigenvalue weighted by molar-refractivity contribution is -0.123. The average molecular weight is 582 g/mol. The first-order chi connectivity index (χ1) is 18.4. The number of aromatic amines is 1. The monoisotopic (exact) mass is 581 g/mol. The van der Waals surface area contributed by atoms with Crippen molar-refractivity contribution in [3.8, 4) is 11.5 Å². The molecule has 0 unspecified atom stereocenters. The van der Waals surface area contributed by atoms with Crippen molar-refractivity contribution in [2.24, 2.45) is 5.92 Å². The Morgan fingerprint density at radius 2 is 1.79 bits per heavy atom. The molecule has 2 heterocycles. The Balaban J connectivity index is 1.25. The lowest BCUT2D eigenvalue weighted by atomic mass is 9.79. The van der Waals surface area contributed by atoms with Crippen LogP contribution in [0.2, 0.25) is 5.02 Å². The highest BCUT2D eigenvalue weighted by molar-refractivity contribution is 7.98. The number of nitrogens with one attached hydrogen (secondary N) is 3. The van der Waals surface area contributed by atoms with Crippen LogP contribution < -0.4 is 25.7 Å². The van der Waals surface area contributed by atoms with Crippen LogP contribution in [0.1, 0.15) is 72.6 Å². The van der Waals surface area contributed by atoms with Crippen LogP contribution >= 0.6 is 23.4 Å². The molecule has 0 saturated heterocycles. The summed E-state index contributed by atoms with van der Waals surface area (Å²) in [5.74, 6) is -2.88. The second-order valence-corrected chi connectivity index (χ2v) is 12.4. The molecule has 39 heavy (non-hydrogen) atoms. The van der Waals surface area contributed by atoms with Gasteiger partial charge in [-0.15, -0.1) is 11.8 Å². The molecular formula is C28H34ClF2N3O4S. The topological polar surface area (TPSA) is 92.5 Å². The molecule has 2 aliphatic carbocycles. The molecule has 2 aromatic rings. The summed E-state index contributed by atoms with van der Waals surface area (Å²) in [5.41, 5.74) is 1.99. The predicted molar refractivity (Wildman–Crippen MR) is 147 cm³/mol. The Hall–Kier alpha value is -2.30. The first-order valence-electron chi connectivity index (χ1n) is 13.3. The fraction of sp³-hybridized carbons (Fsp3) is 0.571. The largest absolute Gasteiger partial charge is 0.448 e. The van der Waals surface area contributed by atoms with E-state index in [1.54, 1.807) is 13.0 Å². The number of pyridine rings is 1. The van der Waals surface area contributed by atoms with Gasteiger partial charge < -0.3 is 25.1 Å². The van der Waals surface area contributed by atoms with Gasteiger partial charge >= 0.3 is 0 Å². The number of amides is 1. The second-order valence-electron chi connectivity index (χ2n) is 11.1. The molecule has 1 aliphatic heterocycles. The van der Waals surface area contributed by atoms with E-state index in [1.807, 2.05) is 26.2 Å². The molecule has 3 aliphatic rings. The number of carbonyl (C=O) groups is 1. The van der Waals surface area contributed by atoms with E-state index in [9.17, 15) is 18.4 Å². The quantitative estimate of drug-likeness (QED) is 0.362. The van der Waals surface area contributed by atoms with Crippen molar-refractivity contribution in [1.29, 1.82) is 0 Å². The van der Waals surface area contributed by atoms with Crippen LogP contribution in [0.4, 0.5) is 8.78 Å². The predicted octanol–water partition coefficient (Wildman–Crippen LogP) is 5.73. The van der Waals surface area contributed by atoms with Gasteiger partial charge in [0.05, 0.1) is 5.02 Å². The molecule has 212 valence electrons. The molecule has 1 atom stereocenters. The standard InChI is InChI=1S/C28H34ClF2N3O4S/c1-14-9-22(39-4)20(26(36)33-14)13-32-25(35)19-10-21(29)24-23(15(19)2)37-27(3,38-24)16-5-7-17(8-6-16)34-18-11-28(30,31)12-18/h9-10,16-18,34H,5-8,11-13H2,1-4H3,(H,32,35)(H,33,36)/t16-,17+,27-/m1/s1.